The van der Waals surface area contributed by atoms with Crippen LogP contribution < -0.4 is 20.9 Å². The third kappa shape index (κ3) is 2.87. The molecule has 3 rings (SSSR count). The van der Waals surface area contributed by atoms with Crippen molar-refractivity contribution in [2.75, 3.05) is 18.7 Å². The first-order chi connectivity index (χ1) is 11.1. The highest BCUT2D eigenvalue weighted by molar-refractivity contribution is 7.98. The number of nitrogens with one attached hydrogen (secondary N) is 1. The van der Waals surface area contributed by atoms with Gasteiger partial charge in [0.15, 0.2) is 0 Å². The molecule has 0 atom stereocenters. The maximum absolute atomic E-state index is 12.0. The van der Waals surface area contributed by atoms with Gasteiger partial charge in [0.2, 0.25) is 5.43 Å². The molecule has 0 saturated carbocycles. The molecule has 3 aromatic rings. The van der Waals surface area contributed by atoms with E-state index in [9.17, 15) is 9.59 Å². The largest absolute Gasteiger partial charge is 0.497 e. The average molecular weight is 325 g/mol. The van der Waals surface area contributed by atoms with Crippen molar-refractivity contribution in [3.05, 3.63) is 69.0 Å². The van der Waals surface area contributed by atoms with Crippen molar-refractivity contribution in [1.29, 1.82) is 0 Å². The lowest BCUT2D eigenvalue weighted by atomic mass is 9.98. The lowest BCUT2D eigenvalue weighted by Crippen LogP contribution is -2.35. The van der Waals surface area contributed by atoms with Crippen LogP contribution >= 0.6 is 11.8 Å². The van der Waals surface area contributed by atoms with E-state index in [1.165, 1.54) is 0 Å². The van der Waals surface area contributed by atoms with Crippen molar-refractivity contribution >= 4 is 23.1 Å². The van der Waals surface area contributed by atoms with Crippen LogP contribution in [0.15, 0.2) is 63.0 Å². The van der Waals surface area contributed by atoms with Crippen LogP contribution in [0.3, 0.4) is 0 Å². The summed E-state index contributed by atoms with van der Waals surface area (Å²) in [6.45, 7) is 0. The van der Waals surface area contributed by atoms with Crippen LogP contribution in [-0.4, -0.2) is 13.4 Å². The summed E-state index contributed by atoms with van der Waals surface area (Å²) in [4.78, 5) is 25.0. The average Bonchev–Trinajstić information content (AvgIpc) is 2.61. The fraction of sp³-hybridized carbons (Fsp3) is 0.111. The van der Waals surface area contributed by atoms with E-state index in [4.69, 9.17) is 4.74 Å². The Hall–Kier alpha value is -2.53. The maximum atomic E-state index is 12.0. The van der Waals surface area contributed by atoms with E-state index in [-0.39, 0.29) is 0 Å². The van der Waals surface area contributed by atoms with Crippen LogP contribution in [0.2, 0.25) is 0 Å². The number of anilines is 2. The molecule has 0 unspecified atom stereocenters. The summed E-state index contributed by atoms with van der Waals surface area (Å²) in [7, 11) is 1.58. The molecule has 116 valence electrons. The van der Waals surface area contributed by atoms with Gasteiger partial charge in [-0.25, -0.2) is 0 Å². The molecule has 3 aromatic carbocycles. The Kier molecular flexibility index (Phi) is 4.21. The highest BCUT2D eigenvalue weighted by atomic mass is 32.2. The topological polar surface area (TPSA) is 55.4 Å². The summed E-state index contributed by atoms with van der Waals surface area (Å²) in [5.74, 6) is 0.703. The standard InChI is InChI=1S/C18H15NO3S/c1-22-13-8-6-11(7-9-13)15-16(18(21)17(15)20)19-12-4-3-5-14(10-12)23-2/h3-10,19H,1-2H3. The van der Waals surface area contributed by atoms with Crippen molar-refractivity contribution in [3.63, 3.8) is 0 Å². The molecule has 0 aromatic heterocycles. The van der Waals surface area contributed by atoms with Crippen LogP contribution in [0.25, 0.3) is 11.1 Å². The first kappa shape index (κ1) is 15.4. The fourth-order valence-corrected chi connectivity index (χ4v) is 2.85. The Balaban J connectivity index is 1.96. The lowest BCUT2D eigenvalue weighted by molar-refractivity contribution is 0.415. The number of hydrogen-bond acceptors (Lipinski definition) is 5. The number of hydrogen-bond donors (Lipinski definition) is 1. The SMILES string of the molecule is COc1ccc(-c2c(Nc3cccc(SC)c3)c(=O)c2=O)cc1. The van der Waals surface area contributed by atoms with Gasteiger partial charge in [0.25, 0.3) is 5.43 Å². The van der Waals surface area contributed by atoms with Crippen LogP contribution in [0, 0.1) is 0 Å². The molecule has 0 aliphatic rings. The molecule has 0 heterocycles. The highest BCUT2D eigenvalue weighted by Gasteiger charge is 2.22. The quantitative estimate of drug-likeness (QED) is 0.575. The third-order valence-corrected chi connectivity index (χ3v) is 4.35. The third-order valence-electron chi connectivity index (χ3n) is 3.63. The molecular formula is C18H15NO3S. The minimum absolute atomic E-state index is 0.346. The molecule has 4 nitrogen and oxygen atoms in total. The number of thioether (sulfide) groups is 1. The first-order valence-electron chi connectivity index (χ1n) is 7.03. The highest BCUT2D eigenvalue weighted by Crippen LogP contribution is 2.29. The summed E-state index contributed by atoms with van der Waals surface area (Å²) < 4.78 is 5.11. The van der Waals surface area contributed by atoms with E-state index < -0.39 is 10.9 Å². The van der Waals surface area contributed by atoms with Gasteiger partial charge in [-0.2, -0.15) is 0 Å². The van der Waals surface area contributed by atoms with E-state index in [0.29, 0.717) is 22.6 Å². The molecule has 0 saturated heterocycles. The van der Waals surface area contributed by atoms with Gasteiger partial charge in [-0.05, 0) is 42.2 Å². The predicted molar refractivity (Wildman–Crippen MR) is 94.8 cm³/mol. The van der Waals surface area contributed by atoms with Gasteiger partial charge < -0.3 is 10.1 Å². The van der Waals surface area contributed by atoms with Crippen molar-refractivity contribution in [3.8, 4) is 16.9 Å². The van der Waals surface area contributed by atoms with E-state index >= 15 is 0 Å². The zero-order valence-electron chi connectivity index (χ0n) is 12.8. The minimum atomic E-state index is -0.481. The Morgan fingerprint density at radius 3 is 2.39 bits per heavy atom. The van der Waals surface area contributed by atoms with Crippen LogP contribution in [0.4, 0.5) is 11.4 Å². The molecule has 0 spiro atoms. The minimum Gasteiger partial charge on any atom is -0.497 e. The zero-order valence-corrected chi connectivity index (χ0v) is 13.6. The second-order valence-corrected chi connectivity index (χ2v) is 5.87. The number of ether oxygens (including phenoxy) is 1. The molecule has 0 aliphatic carbocycles. The van der Waals surface area contributed by atoms with Gasteiger partial charge in [-0.3, -0.25) is 9.59 Å². The molecule has 0 aliphatic heterocycles. The Morgan fingerprint density at radius 2 is 1.74 bits per heavy atom. The van der Waals surface area contributed by atoms with Gasteiger partial charge >= 0.3 is 0 Å². The molecule has 0 fully saturated rings. The summed E-state index contributed by atoms with van der Waals surface area (Å²) in [6, 6.07) is 14.8. The van der Waals surface area contributed by atoms with E-state index in [1.807, 2.05) is 30.5 Å². The Morgan fingerprint density at radius 1 is 1.00 bits per heavy atom. The lowest BCUT2D eigenvalue weighted by Gasteiger charge is -2.14. The monoisotopic (exact) mass is 325 g/mol. The predicted octanol–water partition coefficient (Wildman–Crippen LogP) is 3.42. The summed E-state index contributed by atoms with van der Waals surface area (Å²) in [6.07, 6.45) is 1.99. The number of benzene rings is 2. The van der Waals surface area contributed by atoms with Crippen molar-refractivity contribution in [1.82, 2.24) is 0 Å². The van der Waals surface area contributed by atoms with Gasteiger partial charge in [0, 0.05) is 10.6 Å². The molecular weight excluding hydrogens is 310 g/mol. The summed E-state index contributed by atoms with van der Waals surface area (Å²) in [5.41, 5.74) is 1.33. The Bertz CT molecular complexity index is 909. The van der Waals surface area contributed by atoms with Crippen LogP contribution in [-0.2, 0) is 0 Å². The molecule has 0 radical (unpaired) electrons. The summed E-state index contributed by atoms with van der Waals surface area (Å²) in [5, 5.41) is 3.08. The van der Waals surface area contributed by atoms with Crippen molar-refractivity contribution in [2.24, 2.45) is 0 Å². The van der Waals surface area contributed by atoms with Gasteiger partial charge in [-0.1, -0.05) is 18.2 Å². The van der Waals surface area contributed by atoms with Gasteiger partial charge in [0.1, 0.15) is 11.4 Å². The van der Waals surface area contributed by atoms with Gasteiger partial charge in [0.05, 0.1) is 12.7 Å². The van der Waals surface area contributed by atoms with Crippen LogP contribution in [0.5, 0.6) is 5.75 Å². The smallest absolute Gasteiger partial charge is 0.250 e. The molecule has 0 bridgehead atoms. The number of rotatable bonds is 5. The normalized spacial score (nSPS) is 10.7. The van der Waals surface area contributed by atoms with Crippen molar-refractivity contribution < 1.29 is 4.74 Å². The maximum Gasteiger partial charge on any atom is 0.250 e. The summed E-state index contributed by atoms with van der Waals surface area (Å²) >= 11 is 1.62. The number of methoxy groups -OCH3 is 1. The first-order valence-corrected chi connectivity index (χ1v) is 8.25. The Labute approximate surface area is 137 Å². The zero-order chi connectivity index (χ0) is 16.4. The van der Waals surface area contributed by atoms with E-state index in [1.54, 1.807) is 43.1 Å². The van der Waals surface area contributed by atoms with Crippen LogP contribution in [0.1, 0.15) is 0 Å². The van der Waals surface area contributed by atoms with Gasteiger partial charge in [-0.15, -0.1) is 11.8 Å². The van der Waals surface area contributed by atoms with Crippen molar-refractivity contribution in [2.45, 2.75) is 4.90 Å². The fourth-order valence-electron chi connectivity index (χ4n) is 2.39. The van der Waals surface area contributed by atoms with E-state index in [0.717, 1.165) is 10.6 Å². The molecule has 1 N–H and O–H groups in total. The van der Waals surface area contributed by atoms with E-state index in [2.05, 4.69) is 5.32 Å². The molecule has 5 heteroatoms. The molecule has 0 amide bonds. The molecule has 23 heavy (non-hydrogen) atoms. The second kappa shape index (κ2) is 6.30. The second-order valence-electron chi connectivity index (χ2n) is 4.99.